The first-order chi connectivity index (χ1) is 21.5. The van der Waals surface area contributed by atoms with Crippen molar-refractivity contribution in [2.45, 2.75) is 78.2 Å². The number of alkyl halides is 3. The molecule has 0 saturated carbocycles. The number of carbonyl (C=O) groups excluding carboxylic acids is 2. The molecular formula is C33H46F5N3O5. The highest BCUT2D eigenvalue weighted by Crippen LogP contribution is 2.31. The third kappa shape index (κ3) is 12.8. The van der Waals surface area contributed by atoms with Crippen LogP contribution in [0.25, 0.3) is 0 Å². The van der Waals surface area contributed by atoms with Crippen molar-refractivity contribution in [3.05, 3.63) is 59.2 Å². The van der Waals surface area contributed by atoms with Crippen molar-refractivity contribution in [2.24, 2.45) is 29.4 Å². The number of aliphatic hydroxyl groups is 1. The molecule has 0 spiro atoms. The zero-order valence-electron chi connectivity index (χ0n) is 26.9. The normalized spacial score (nSPS) is 14.6. The average Bonchev–Trinajstić information content (AvgIpc) is 2.96. The molecule has 13 heteroatoms. The van der Waals surface area contributed by atoms with Gasteiger partial charge < -0.3 is 30.9 Å². The Labute approximate surface area is 267 Å². The van der Waals surface area contributed by atoms with E-state index in [1.54, 1.807) is 21.0 Å². The molecule has 46 heavy (non-hydrogen) atoms. The number of halogens is 5. The summed E-state index contributed by atoms with van der Waals surface area (Å²) in [5.74, 6) is -3.50. The van der Waals surface area contributed by atoms with Gasteiger partial charge in [0.25, 0.3) is 0 Å². The zero-order valence-corrected chi connectivity index (χ0v) is 26.9. The lowest BCUT2D eigenvalue weighted by molar-refractivity contribution is -0.137. The van der Waals surface area contributed by atoms with Gasteiger partial charge in [-0.15, -0.1) is 0 Å². The summed E-state index contributed by atoms with van der Waals surface area (Å²) in [5.41, 5.74) is 5.33. The Morgan fingerprint density at radius 2 is 1.65 bits per heavy atom. The second-order valence-corrected chi connectivity index (χ2v) is 12.2. The number of hydrogen-bond donors (Lipinski definition) is 4. The van der Waals surface area contributed by atoms with E-state index in [4.69, 9.17) is 15.2 Å². The van der Waals surface area contributed by atoms with Crippen molar-refractivity contribution >= 4 is 17.5 Å². The van der Waals surface area contributed by atoms with Gasteiger partial charge in [-0.3, -0.25) is 9.59 Å². The number of hydrogen-bond acceptors (Lipinski definition) is 6. The highest BCUT2D eigenvalue weighted by atomic mass is 19.4. The van der Waals surface area contributed by atoms with Crippen LogP contribution in [0.3, 0.4) is 0 Å². The van der Waals surface area contributed by atoms with Gasteiger partial charge in [0.15, 0.2) is 0 Å². The number of benzene rings is 2. The number of anilines is 1. The molecule has 0 unspecified atom stereocenters. The first-order valence-electron chi connectivity index (χ1n) is 15.3. The van der Waals surface area contributed by atoms with E-state index < -0.39 is 53.3 Å². The topological polar surface area (TPSA) is 123 Å². The Balaban J connectivity index is 2.01. The lowest BCUT2D eigenvalue weighted by Gasteiger charge is -2.29. The van der Waals surface area contributed by atoms with Gasteiger partial charge in [-0.25, -0.2) is 8.78 Å². The number of aliphatic hydroxyl groups excluding tert-OH is 1. The molecule has 2 aromatic rings. The number of amides is 2. The number of methoxy groups -OCH3 is 1. The molecule has 2 rings (SSSR count). The van der Waals surface area contributed by atoms with Crippen LogP contribution in [0.2, 0.25) is 0 Å². The summed E-state index contributed by atoms with van der Waals surface area (Å²) in [6.45, 7) is 7.79. The number of nitrogens with one attached hydrogen (secondary N) is 2. The number of carbonyl (C=O) groups is 2. The molecule has 0 radical (unpaired) electrons. The number of nitrogens with two attached hydrogens (primary N) is 1. The van der Waals surface area contributed by atoms with Crippen molar-refractivity contribution in [3.8, 4) is 5.75 Å². The van der Waals surface area contributed by atoms with Gasteiger partial charge in [-0.2, -0.15) is 13.2 Å². The van der Waals surface area contributed by atoms with Crippen molar-refractivity contribution in [2.75, 3.05) is 25.6 Å². The van der Waals surface area contributed by atoms with Crippen LogP contribution in [-0.4, -0.2) is 49.4 Å². The quantitative estimate of drug-likeness (QED) is 0.114. The Morgan fingerprint density at radius 3 is 2.26 bits per heavy atom. The Morgan fingerprint density at radius 1 is 0.957 bits per heavy atom. The van der Waals surface area contributed by atoms with E-state index in [1.807, 2.05) is 13.8 Å². The maximum absolute atomic E-state index is 14.0. The molecule has 5 N–H and O–H groups in total. The fraction of sp³-hybridized carbons (Fsp3) is 0.576. The van der Waals surface area contributed by atoms with Crippen LogP contribution in [-0.2, 0) is 27.0 Å². The van der Waals surface area contributed by atoms with Gasteiger partial charge in [0, 0.05) is 51.1 Å². The van der Waals surface area contributed by atoms with Gasteiger partial charge >= 0.3 is 6.18 Å². The van der Waals surface area contributed by atoms with E-state index in [0.717, 1.165) is 12.1 Å². The van der Waals surface area contributed by atoms with Crippen LogP contribution in [0.5, 0.6) is 5.75 Å². The fourth-order valence-electron chi connectivity index (χ4n) is 5.00. The Bertz CT molecular complexity index is 1270. The molecule has 2 amide bonds. The minimum atomic E-state index is -4.74. The van der Waals surface area contributed by atoms with Crippen LogP contribution in [0.1, 0.15) is 64.5 Å². The molecule has 0 aliphatic heterocycles. The molecule has 0 saturated heterocycles. The molecule has 258 valence electrons. The summed E-state index contributed by atoms with van der Waals surface area (Å²) >= 11 is 0. The third-order valence-corrected chi connectivity index (χ3v) is 7.81. The van der Waals surface area contributed by atoms with Gasteiger partial charge in [0.05, 0.1) is 24.0 Å². The van der Waals surface area contributed by atoms with E-state index in [1.165, 1.54) is 18.2 Å². The number of rotatable bonds is 18. The van der Waals surface area contributed by atoms with Crippen LogP contribution in [0.4, 0.5) is 27.6 Å². The molecule has 0 heterocycles. The third-order valence-electron chi connectivity index (χ3n) is 7.81. The van der Waals surface area contributed by atoms with E-state index in [0.29, 0.717) is 31.5 Å². The van der Waals surface area contributed by atoms with Gasteiger partial charge in [0.2, 0.25) is 11.8 Å². The summed E-state index contributed by atoms with van der Waals surface area (Å²) in [6, 6.07) is 5.10. The van der Waals surface area contributed by atoms with Crippen molar-refractivity contribution in [1.29, 1.82) is 0 Å². The molecule has 4 atom stereocenters. The largest absolute Gasteiger partial charge is 0.491 e. The highest BCUT2D eigenvalue weighted by molar-refractivity contribution is 5.92. The predicted octanol–water partition coefficient (Wildman–Crippen LogP) is 6.06. The van der Waals surface area contributed by atoms with E-state index in [-0.39, 0.29) is 54.8 Å². The van der Waals surface area contributed by atoms with E-state index in [9.17, 15) is 36.6 Å². The van der Waals surface area contributed by atoms with E-state index in [2.05, 4.69) is 10.6 Å². The lowest BCUT2D eigenvalue weighted by Crippen LogP contribution is -2.42. The van der Waals surface area contributed by atoms with Crippen molar-refractivity contribution < 1.29 is 46.1 Å². The molecule has 0 aliphatic carbocycles. The summed E-state index contributed by atoms with van der Waals surface area (Å²) in [7, 11) is 1.57. The molecule has 0 bridgehead atoms. The number of ether oxygens (including phenoxy) is 2. The smallest absolute Gasteiger partial charge is 0.416 e. The summed E-state index contributed by atoms with van der Waals surface area (Å²) in [5, 5.41) is 16.2. The van der Waals surface area contributed by atoms with Gasteiger partial charge in [0.1, 0.15) is 17.4 Å². The molecule has 2 aromatic carbocycles. The Hall–Kier alpha value is -3.29. The molecule has 0 aliphatic rings. The zero-order chi connectivity index (χ0) is 34.6. The predicted molar refractivity (Wildman–Crippen MR) is 165 cm³/mol. The van der Waals surface area contributed by atoms with Crippen LogP contribution in [0.15, 0.2) is 36.4 Å². The molecule has 0 aromatic heterocycles. The molecule has 8 nitrogen and oxygen atoms in total. The monoisotopic (exact) mass is 659 g/mol. The van der Waals surface area contributed by atoms with Crippen LogP contribution in [0, 0.1) is 35.3 Å². The Kier molecular flexibility index (Phi) is 15.3. The highest BCUT2D eigenvalue weighted by Gasteiger charge is 2.32. The summed E-state index contributed by atoms with van der Waals surface area (Å²) in [6.07, 6.45) is -5.04. The average molecular weight is 660 g/mol. The minimum Gasteiger partial charge on any atom is -0.491 e. The van der Waals surface area contributed by atoms with E-state index >= 15 is 0 Å². The minimum absolute atomic E-state index is 0.0154. The summed E-state index contributed by atoms with van der Waals surface area (Å²) < 4.78 is 77.6. The molecule has 0 fully saturated rings. The fourth-order valence-corrected chi connectivity index (χ4v) is 5.00. The van der Waals surface area contributed by atoms with Crippen LogP contribution >= 0.6 is 0 Å². The standard InChI is InChI=1S/C33H46F5N3O5/c1-19(2)22(14-31(43)41-28-16-24(34)7-8-30(28)46-10-6-9-45-5)13-27(39)29(42)17-26(20(3)4)32(44)40-18-21-11-23(33(36,37)38)15-25(35)12-21/h7-8,11-12,15-16,19-20,22,26-27,29,42H,6,9-10,13-14,17-18,39H2,1-5H3,(H,40,44)(H,41,43)/t22-,26+,27+,29+/m1/s1. The van der Waals surface area contributed by atoms with Gasteiger partial charge in [-0.05, 0) is 66.5 Å². The second-order valence-electron chi connectivity index (χ2n) is 12.2. The maximum atomic E-state index is 14.0. The lowest BCUT2D eigenvalue weighted by atomic mass is 9.82. The van der Waals surface area contributed by atoms with Gasteiger partial charge in [-0.1, -0.05) is 27.7 Å². The van der Waals surface area contributed by atoms with Crippen LogP contribution < -0.4 is 21.1 Å². The SMILES string of the molecule is COCCCOc1ccc(F)cc1NC(=O)C[C@@H](C[C@H](N)[C@@H](O)C[C@H](C(=O)NCc1cc(F)cc(C(F)(F)F)c1)C(C)C)C(C)C. The molecular weight excluding hydrogens is 613 g/mol. The first kappa shape index (κ1) is 38.9. The van der Waals surface area contributed by atoms with Crippen molar-refractivity contribution in [3.63, 3.8) is 0 Å². The second kappa shape index (κ2) is 18.2. The maximum Gasteiger partial charge on any atom is 0.416 e. The first-order valence-corrected chi connectivity index (χ1v) is 15.3. The van der Waals surface area contributed by atoms with Crippen molar-refractivity contribution in [1.82, 2.24) is 5.32 Å². The summed E-state index contributed by atoms with van der Waals surface area (Å²) in [4.78, 5) is 26.0.